The van der Waals surface area contributed by atoms with Crippen molar-refractivity contribution in [3.63, 3.8) is 0 Å². The molecular formula is C88H132N6O7. The van der Waals surface area contributed by atoms with Crippen molar-refractivity contribution in [2.75, 3.05) is 19.8 Å². The molecule has 0 spiro atoms. The summed E-state index contributed by atoms with van der Waals surface area (Å²) < 4.78 is 21.4. The molecule has 13 nitrogen and oxygen atoms in total. The summed E-state index contributed by atoms with van der Waals surface area (Å²) in [5.74, 6) is 0.303. The number of nitrogens with zero attached hydrogens (tertiary/aromatic N) is 6. The van der Waals surface area contributed by atoms with Crippen molar-refractivity contribution in [3.8, 4) is 29.4 Å². The van der Waals surface area contributed by atoms with Crippen LogP contribution in [-0.4, -0.2) is 75.1 Å². The fourth-order valence-corrected chi connectivity index (χ4v) is 13.9. The molecule has 0 unspecified atom stereocenters. The molecule has 0 aromatic heterocycles. The van der Waals surface area contributed by atoms with E-state index in [-0.39, 0.29) is 35.0 Å². The van der Waals surface area contributed by atoms with Gasteiger partial charge in [0.2, 0.25) is 5.75 Å². The molecule has 5 rings (SSSR count). The minimum absolute atomic E-state index is 0.00782. The zero-order valence-corrected chi connectivity index (χ0v) is 64.5. The SMILES string of the molecule is CCCCCCCCCCCCOc1c(CN2C=CC(=C/C=C3\C(=O)N([C@@H](C)CCCCCC)C(=O)C(C#N)=C3C)C=C2)cc(CN2C=CC(=C/C=C3\C(=O)N([C@@H](C)CCCCCC)C(=O)C(C#N)=C3C)C=C2)c(OCCCCCCCCCCCC)c1OCCCCCCCCCCCC. The summed E-state index contributed by atoms with van der Waals surface area (Å²) in [5, 5.41) is 20.4. The summed E-state index contributed by atoms with van der Waals surface area (Å²) in [6.07, 6.45) is 69.7. The van der Waals surface area contributed by atoms with Crippen LogP contribution in [0.2, 0.25) is 0 Å². The Morgan fingerprint density at radius 3 is 0.921 bits per heavy atom. The number of rotatable bonds is 54. The van der Waals surface area contributed by atoms with E-state index in [9.17, 15) is 29.7 Å². The summed E-state index contributed by atoms with van der Waals surface area (Å²) in [5.41, 5.74) is 5.14. The number of carbonyl (C=O) groups is 4. The van der Waals surface area contributed by atoms with E-state index in [1.807, 2.05) is 75.1 Å². The fraction of sp³-hybridized carbons (Fsp3) is 0.636. The molecule has 4 aliphatic rings. The van der Waals surface area contributed by atoms with Crippen LogP contribution in [0.1, 0.15) is 330 Å². The molecule has 1 aromatic carbocycles. The zero-order valence-electron chi connectivity index (χ0n) is 64.5. The van der Waals surface area contributed by atoms with E-state index in [1.54, 1.807) is 26.0 Å². The first-order valence-corrected chi connectivity index (χ1v) is 40.4. The first-order valence-electron chi connectivity index (χ1n) is 40.4. The van der Waals surface area contributed by atoms with Gasteiger partial charge in [0.05, 0.1) is 32.9 Å². The second kappa shape index (κ2) is 50.3. The van der Waals surface area contributed by atoms with Gasteiger partial charge < -0.3 is 24.0 Å². The van der Waals surface area contributed by atoms with Crippen molar-refractivity contribution in [2.24, 2.45) is 0 Å². The Bertz CT molecular complexity index is 2910. The number of allylic oxidation sites excluding steroid dienone is 10. The molecule has 0 fully saturated rings. The highest BCUT2D eigenvalue weighted by Crippen LogP contribution is 2.46. The molecule has 4 heterocycles. The smallest absolute Gasteiger partial charge is 0.271 e. The van der Waals surface area contributed by atoms with Gasteiger partial charge in [0.25, 0.3) is 23.6 Å². The average molecular weight is 1390 g/mol. The Balaban J connectivity index is 1.54. The maximum Gasteiger partial charge on any atom is 0.271 e. The van der Waals surface area contributed by atoms with Gasteiger partial charge in [-0.25, -0.2) is 0 Å². The lowest BCUT2D eigenvalue weighted by atomic mass is 9.92. The number of hydrogen-bond donors (Lipinski definition) is 0. The van der Waals surface area contributed by atoms with Crippen molar-refractivity contribution in [2.45, 2.75) is 344 Å². The molecule has 0 N–H and O–H groups in total. The number of nitriles is 2. The van der Waals surface area contributed by atoms with E-state index in [1.165, 1.54) is 164 Å². The average Bonchev–Trinajstić information content (AvgIpc) is 0.796. The van der Waals surface area contributed by atoms with Crippen molar-refractivity contribution in [1.82, 2.24) is 19.6 Å². The summed E-state index contributed by atoms with van der Waals surface area (Å²) >= 11 is 0. The topological polar surface area (TPSA) is 157 Å². The van der Waals surface area contributed by atoms with Crippen LogP contribution >= 0.6 is 0 Å². The van der Waals surface area contributed by atoms with Crippen LogP contribution in [0.3, 0.4) is 0 Å². The van der Waals surface area contributed by atoms with Gasteiger partial charge in [-0.05, 0) is 125 Å². The first-order chi connectivity index (χ1) is 49.3. The van der Waals surface area contributed by atoms with E-state index in [4.69, 9.17) is 14.2 Å². The highest BCUT2D eigenvalue weighted by molar-refractivity contribution is 6.19. The van der Waals surface area contributed by atoms with Crippen LogP contribution in [0.15, 0.2) is 124 Å². The van der Waals surface area contributed by atoms with Crippen molar-refractivity contribution in [1.29, 1.82) is 10.5 Å². The predicted octanol–water partition coefficient (Wildman–Crippen LogP) is 23.1. The van der Waals surface area contributed by atoms with Gasteiger partial charge >= 0.3 is 0 Å². The maximum atomic E-state index is 14.2. The largest absolute Gasteiger partial charge is 0.489 e. The van der Waals surface area contributed by atoms with Gasteiger partial charge in [0.1, 0.15) is 23.3 Å². The monoisotopic (exact) mass is 1390 g/mol. The lowest BCUT2D eigenvalue weighted by molar-refractivity contribution is -0.144. The Kier molecular flexibility index (Phi) is 42.1. The first kappa shape index (κ1) is 84.5. The van der Waals surface area contributed by atoms with E-state index >= 15 is 0 Å². The molecule has 0 radical (unpaired) electrons. The standard InChI is InChI=1S/C88H132N6O7/c1-10-15-20-25-28-31-34-37-40-45-62-99-82-76(68-91-58-54-74(55-59-91)50-52-78-72(8)80(66-89)87(97)93(85(78)95)70(6)48-43-23-18-13-4)65-77(83(100-63-46-41-38-35-32-29-26-21-16-11-2)84(82)101-64-47-42-39-36-33-30-27-22-17-12-3)69-92-60-56-75(57-61-92)51-53-79-73(9)81(67-90)88(98)94(86(79)96)71(7)49-44-24-19-14-5/h50-61,65,70-71H,10-49,62-64,68-69H2,1-9H3/b78-52-,79-53-/t70-,71-/m0/s1. The lowest BCUT2D eigenvalue weighted by Crippen LogP contribution is -2.47. The normalized spacial score (nSPS) is 16.2. The Morgan fingerprint density at radius 2 is 0.634 bits per heavy atom. The molecule has 4 aliphatic heterocycles. The van der Waals surface area contributed by atoms with Gasteiger partial charge in [-0.15, -0.1) is 0 Å². The second-order valence-electron chi connectivity index (χ2n) is 29.0. The molecular weight excluding hydrogens is 1250 g/mol. The minimum atomic E-state index is -0.517. The molecule has 0 bridgehead atoms. The van der Waals surface area contributed by atoms with Crippen LogP contribution in [0.4, 0.5) is 0 Å². The molecule has 4 amide bonds. The maximum absolute atomic E-state index is 14.2. The molecule has 0 saturated heterocycles. The van der Waals surface area contributed by atoms with Crippen LogP contribution in [0.5, 0.6) is 17.2 Å². The van der Waals surface area contributed by atoms with E-state index in [2.05, 4.69) is 62.6 Å². The summed E-state index contributed by atoms with van der Waals surface area (Å²) in [7, 11) is 0. The number of carbonyl (C=O) groups excluding carboxylic acids is 4. The highest BCUT2D eigenvalue weighted by Gasteiger charge is 2.39. The summed E-state index contributed by atoms with van der Waals surface area (Å²) in [4.78, 5) is 62.5. The predicted molar refractivity (Wildman–Crippen MR) is 415 cm³/mol. The molecule has 0 saturated carbocycles. The third kappa shape index (κ3) is 29.3. The number of amides is 4. The van der Waals surface area contributed by atoms with Crippen LogP contribution in [0, 0.1) is 22.7 Å². The number of benzene rings is 1. The van der Waals surface area contributed by atoms with Gasteiger partial charge in [-0.3, -0.25) is 29.0 Å². The summed E-state index contributed by atoms with van der Waals surface area (Å²) in [6, 6.07) is 5.80. The third-order valence-corrected chi connectivity index (χ3v) is 20.4. The van der Waals surface area contributed by atoms with Crippen LogP contribution in [0.25, 0.3) is 0 Å². The van der Waals surface area contributed by atoms with Gasteiger partial charge in [-0.2, -0.15) is 10.5 Å². The number of hydrogen-bond acceptors (Lipinski definition) is 11. The van der Waals surface area contributed by atoms with E-state index in [0.29, 0.717) is 85.3 Å². The van der Waals surface area contributed by atoms with E-state index < -0.39 is 11.8 Å². The lowest BCUT2D eigenvalue weighted by Gasteiger charge is -2.32. The third-order valence-electron chi connectivity index (χ3n) is 20.4. The second-order valence-corrected chi connectivity index (χ2v) is 29.0. The quantitative estimate of drug-likeness (QED) is 0.0347. The summed E-state index contributed by atoms with van der Waals surface area (Å²) in [6.45, 7) is 20.8. The Morgan fingerprint density at radius 1 is 0.366 bits per heavy atom. The van der Waals surface area contributed by atoms with Gasteiger partial charge in [0, 0.05) is 59.2 Å². The minimum Gasteiger partial charge on any atom is -0.489 e. The van der Waals surface area contributed by atoms with Crippen LogP contribution in [-0.2, 0) is 32.3 Å². The fourth-order valence-electron chi connectivity index (χ4n) is 13.9. The number of unbranched alkanes of at least 4 members (excludes halogenated alkanes) is 33. The molecule has 2 atom stereocenters. The Labute approximate surface area is 612 Å². The van der Waals surface area contributed by atoms with Crippen molar-refractivity contribution < 1.29 is 33.4 Å². The molecule has 0 aliphatic carbocycles. The molecule has 556 valence electrons. The number of ether oxygens (including phenoxy) is 3. The van der Waals surface area contributed by atoms with Crippen molar-refractivity contribution in [3.05, 3.63) is 135 Å². The molecule has 101 heavy (non-hydrogen) atoms. The van der Waals surface area contributed by atoms with Crippen LogP contribution < -0.4 is 14.2 Å². The Hall–Kier alpha value is -7.12. The molecule has 1 aromatic rings. The molecule has 13 heteroatoms. The van der Waals surface area contributed by atoms with E-state index in [0.717, 1.165) is 112 Å². The van der Waals surface area contributed by atoms with Crippen molar-refractivity contribution >= 4 is 23.6 Å². The number of imide groups is 2. The van der Waals surface area contributed by atoms with Gasteiger partial charge in [0.15, 0.2) is 11.5 Å². The van der Waals surface area contributed by atoms with Gasteiger partial charge in [-0.1, -0.05) is 271 Å². The highest BCUT2D eigenvalue weighted by atomic mass is 16.5. The zero-order chi connectivity index (χ0) is 72.8.